The van der Waals surface area contributed by atoms with Gasteiger partial charge in [-0.3, -0.25) is 0 Å². The third-order valence-electron chi connectivity index (χ3n) is 2.31. The molecule has 100 valence electrons. The molecule has 5 heteroatoms. The number of nitrogens with zero attached hydrogens (tertiary/aromatic N) is 3. The maximum atomic E-state index is 10.7. The summed E-state index contributed by atoms with van der Waals surface area (Å²) in [5.41, 5.74) is 8.07. The molecule has 0 aromatic heterocycles. The molecule has 0 aliphatic rings. The van der Waals surface area contributed by atoms with E-state index in [1.54, 1.807) is 0 Å². The topological polar surface area (TPSA) is 75.1 Å². The van der Waals surface area contributed by atoms with E-state index in [0.717, 1.165) is 38.5 Å². The van der Waals surface area contributed by atoms with Gasteiger partial charge in [0.05, 0.1) is 7.11 Å². The Morgan fingerprint density at radius 1 is 1.17 bits per heavy atom. The molecular formula is C13H21N3O2. The number of carbonyl (C=O) groups excluding carboxylic acids is 1. The third kappa shape index (κ3) is 12.3. The maximum absolute atomic E-state index is 10.7. The quantitative estimate of drug-likeness (QED) is 0.112. The van der Waals surface area contributed by atoms with Crippen LogP contribution in [-0.4, -0.2) is 19.6 Å². The van der Waals surface area contributed by atoms with Crippen LogP contribution < -0.4 is 0 Å². The maximum Gasteiger partial charge on any atom is 0.330 e. The summed E-state index contributed by atoms with van der Waals surface area (Å²) in [5, 5.41) is 3.46. The van der Waals surface area contributed by atoms with Crippen molar-refractivity contribution in [3.63, 3.8) is 0 Å². The second kappa shape index (κ2) is 13.3. The Bertz CT molecular complexity index is 318. The molecule has 5 nitrogen and oxygen atoms in total. The smallest absolute Gasteiger partial charge is 0.330 e. The van der Waals surface area contributed by atoms with Crippen molar-refractivity contribution >= 4 is 5.97 Å². The fraction of sp³-hybridized carbons (Fsp3) is 0.615. The van der Waals surface area contributed by atoms with Gasteiger partial charge < -0.3 is 4.74 Å². The first kappa shape index (κ1) is 16.3. The van der Waals surface area contributed by atoms with Gasteiger partial charge in [-0.1, -0.05) is 23.3 Å². The van der Waals surface area contributed by atoms with E-state index in [1.165, 1.54) is 13.2 Å². The van der Waals surface area contributed by atoms with Gasteiger partial charge >= 0.3 is 5.97 Å². The van der Waals surface area contributed by atoms with Crippen molar-refractivity contribution in [3.8, 4) is 0 Å². The summed E-state index contributed by atoms with van der Waals surface area (Å²) < 4.78 is 4.48. The largest absolute Gasteiger partial charge is 0.466 e. The summed E-state index contributed by atoms with van der Waals surface area (Å²) in [6.45, 7) is 0.569. The lowest BCUT2D eigenvalue weighted by Gasteiger charge is -1.94. The van der Waals surface area contributed by atoms with Crippen LogP contribution in [0.1, 0.15) is 38.5 Å². The van der Waals surface area contributed by atoms with Crippen molar-refractivity contribution in [2.75, 3.05) is 13.7 Å². The molecule has 0 atom stereocenters. The minimum Gasteiger partial charge on any atom is -0.466 e. The lowest BCUT2D eigenvalue weighted by Crippen LogP contribution is -1.93. The van der Waals surface area contributed by atoms with Crippen molar-refractivity contribution in [2.24, 2.45) is 5.11 Å². The van der Waals surface area contributed by atoms with Gasteiger partial charge in [-0.05, 0) is 44.1 Å². The van der Waals surface area contributed by atoms with E-state index in [4.69, 9.17) is 5.53 Å². The van der Waals surface area contributed by atoms with Crippen molar-refractivity contribution in [1.82, 2.24) is 0 Å². The fourth-order valence-electron chi connectivity index (χ4n) is 1.33. The monoisotopic (exact) mass is 251 g/mol. The lowest BCUT2D eigenvalue weighted by molar-refractivity contribution is -0.134. The van der Waals surface area contributed by atoms with Crippen LogP contribution in [0.25, 0.3) is 10.4 Å². The molecule has 0 aromatic rings. The van der Waals surface area contributed by atoms with Gasteiger partial charge in [-0.2, -0.15) is 0 Å². The summed E-state index contributed by atoms with van der Waals surface area (Å²) in [6.07, 6.45) is 13.6. The van der Waals surface area contributed by atoms with E-state index >= 15 is 0 Å². The number of rotatable bonds is 10. The number of carbonyl (C=O) groups is 1. The molecule has 0 saturated carbocycles. The number of hydrogen-bond donors (Lipinski definition) is 0. The molecule has 18 heavy (non-hydrogen) atoms. The van der Waals surface area contributed by atoms with Gasteiger partial charge in [-0.25, -0.2) is 4.79 Å². The Morgan fingerprint density at radius 2 is 1.78 bits per heavy atom. The molecule has 0 spiro atoms. The number of ether oxygens (including phenoxy) is 1. The van der Waals surface area contributed by atoms with E-state index in [-0.39, 0.29) is 5.97 Å². The van der Waals surface area contributed by atoms with Crippen LogP contribution in [0.4, 0.5) is 0 Å². The molecular weight excluding hydrogens is 230 g/mol. The molecule has 0 rings (SSSR count). The molecule has 0 amide bonds. The first-order valence-electron chi connectivity index (χ1n) is 6.21. The molecule has 0 aromatic carbocycles. The van der Waals surface area contributed by atoms with Gasteiger partial charge in [0, 0.05) is 17.5 Å². The number of esters is 1. The zero-order valence-corrected chi connectivity index (χ0v) is 10.9. The molecule has 0 fully saturated rings. The minimum atomic E-state index is -0.296. The first-order chi connectivity index (χ1) is 8.81. The predicted molar refractivity (Wildman–Crippen MR) is 72.0 cm³/mol. The number of azide groups is 1. The highest BCUT2D eigenvalue weighted by Gasteiger charge is 1.89. The van der Waals surface area contributed by atoms with Gasteiger partial charge in [0.1, 0.15) is 0 Å². The van der Waals surface area contributed by atoms with Crippen LogP contribution in [0.5, 0.6) is 0 Å². The molecule has 0 bridgehead atoms. The fourth-order valence-corrected chi connectivity index (χ4v) is 1.33. The normalized spacial score (nSPS) is 10.7. The Balaban J connectivity index is 3.29. The average molecular weight is 251 g/mol. The van der Waals surface area contributed by atoms with Crippen molar-refractivity contribution in [2.45, 2.75) is 38.5 Å². The molecule has 0 N–H and O–H groups in total. The van der Waals surface area contributed by atoms with Gasteiger partial charge in [0.25, 0.3) is 0 Å². The molecule has 0 aliphatic heterocycles. The van der Waals surface area contributed by atoms with Crippen LogP contribution in [0.2, 0.25) is 0 Å². The summed E-state index contributed by atoms with van der Waals surface area (Å²) in [5.74, 6) is -0.296. The standard InChI is InChI=1S/C13H21N3O2/c1-18-13(17)11-9-7-5-3-2-4-6-8-10-12-15-16-14/h4,6,9,11H,2-3,5,7-8,10,12H2,1H3/b6-4+,11-9+. The SMILES string of the molecule is COC(=O)/C=C/CCCC/C=C/CCCN=[N+]=[N-]. The number of allylic oxidation sites excluding steroid dienone is 3. The Kier molecular flexibility index (Phi) is 12.0. The molecule has 0 aliphatic carbocycles. The summed E-state index contributed by atoms with van der Waals surface area (Å²) in [4.78, 5) is 13.4. The van der Waals surface area contributed by atoms with E-state index in [2.05, 4.69) is 26.9 Å². The predicted octanol–water partition coefficient (Wildman–Crippen LogP) is 3.92. The highest BCUT2D eigenvalue weighted by Crippen LogP contribution is 2.03. The summed E-state index contributed by atoms with van der Waals surface area (Å²) >= 11 is 0. The lowest BCUT2D eigenvalue weighted by atomic mass is 10.1. The van der Waals surface area contributed by atoms with Crippen LogP contribution >= 0.6 is 0 Å². The third-order valence-corrected chi connectivity index (χ3v) is 2.31. The van der Waals surface area contributed by atoms with Gasteiger partial charge in [0.15, 0.2) is 0 Å². The Hall–Kier alpha value is -1.74. The number of hydrogen-bond acceptors (Lipinski definition) is 3. The number of unbranched alkanes of at least 4 members (excludes halogenated alkanes) is 4. The highest BCUT2D eigenvalue weighted by molar-refractivity contribution is 5.81. The number of methoxy groups -OCH3 is 1. The zero-order chi connectivity index (χ0) is 13.5. The van der Waals surface area contributed by atoms with Crippen LogP contribution in [0, 0.1) is 0 Å². The van der Waals surface area contributed by atoms with Crippen LogP contribution in [-0.2, 0) is 9.53 Å². The van der Waals surface area contributed by atoms with Gasteiger partial charge in [-0.15, -0.1) is 0 Å². The Morgan fingerprint density at radius 3 is 2.39 bits per heavy atom. The highest BCUT2D eigenvalue weighted by atomic mass is 16.5. The van der Waals surface area contributed by atoms with E-state index in [1.807, 2.05) is 6.08 Å². The van der Waals surface area contributed by atoms with Crippen molar-refractivity contribution in [1.29, 1.82) is 0 Å². The van der Waals surface area contributed by atoms with E-state index in [9.17, 15) is 4.79 Å². The minimum absolute atomic E-state index is 0.296. The second-order valence-electron chi connectivity index (χ2n) is 3.78. The van der Waals surface area contributed by atoms with Crippen LogP contribution in [0.3, 0.4) is 0 Å². The van der Waals surface area contributed by atoms with Crippen molar-refractivity contribution < 1.29 is 9.53 Å². The molecule has 0 unspecified atom stereocenters. The van der Waals surface area contributed by atoms with E-state index in [0.29, 0.717) is 6.54 Å². The molecule has 0 radical (unpaired) electrons. The summed E-state index contributed by atoms with van der Waals surface area (Å²) in [7, 11) is 1.37. The first-order valence-corrected chi connectivity index (χ1v) is 6.21. The average Bonchev–Trinajstić information content (AvgIpc) is 2.39. The molecule has 0 saturated heterocycles. The zero-order valence-electron chi connectivity index (χ0n) is 10.9. The second-order valence-corrected chi connectivity index (χ2v) is 3.78. The van der Waals surface area contributed by atoms with Gasteiger partial charge in [0.2, 0.25) is 0 Å². The van der Waals surface area contributed by atoms with Crippen LogP contribution in [0.15, 0.2) is 29.4 Å². The molecule has 0 heterocycles. The van der Waals surface area contributed by atoms with Crippen molar-refractivity contribution in [3.05, 3.63) is 34.7 Å². The Labute approximate surface area is 108 Å². The van der Waals surface area contributed by atoms with E-state index < -0.39 is 0 Å². The summed E-state index contributed by atoms with van der Waals surface area (Å²) in [6, 6.07) is 0.